The van der Waals surface area contributed by atoms with Crippen LogP contribution in [0.4, 0.5) is 0 Å². The Labute approximate surface area is 104 Å². The fourth-order valence-corrected chi connectivity index (χ4v) is 2.69. The summed E-state index contributed by atoms with van der Waals surface area (Å²) < 4.78 is 2.79. The van der Waals surface area contributed by atoms with Crippen molar-refractivity contribution in [1.82, 2.24) is 24.7 Å². The number of H-pyrrole nitrogens is 1. The molecule has 3 rings (SSSR count). The Bertz CT molecular complexity index is 553. The molecule has 17 heavy (non-hydrogen) atoms. The Morgan fingerprint density at radius 3 is 2.88 bits per heavy atom. The summed E-state index contributed by atoms with van der Waals surface area (Å²) in [6.45, 7) is 0. The quantitative estimate of drug-likeness (QED) is 0.828. The van der Waals surface area contributed by atoms with Gasteiger partial charge >= 0.3 is 0 Å². The molecular weight excluding hydrogens is 234 g/mol. The predicted molar refractivity (Wildman–Crippen MR) is 65.9 cm³/mol. The van der Waals surface area contributed by atoms with Crippen molar-refractivity contribution in [3.8, 4) is 11.5 Å². The minimum atomic E-state index is 0.464. The molecule has 5 nitrogen and oxygen atoms in total. The first-order valence-corrected chi connectivity index (χ1v) is 6.20. The highest BCUT2D eigenvalue weighted by molar-refractivity contribution is 7.71. The van der Waals surface area contributed by atoms with Gasteiger partial charge in [-0.3, -0.25) is 9.67 Å². The summed E-state index contributed by atoms with van der Waals surface area (Å²) in [7, 11) is 0. The van der Waals surface area contributed by atoms with E-state index in [2.05, 4.69) is 24.7 Å². The lowest BCUT2D eigenvalue weighted by Crippen LogP contribution is -2.07. The second-order valence-corrected chi connectivity index (χ2v) is 4.64. The molecule has 0 spiro atoms. The van der Waals surface area contributed by atoms with E-state index in [1.807, 2.05) is 6.07 Å². The molecule has 0 aliphatic heterocycles. The van der Waals surface area contributed by atoms with Crippen molar-refractivity contribution < 1.29 is 0 Å². The first-order valence-electron chi connectivity index (χ1n) is 5.79. The molecule has 6 heteroatoms. The van der Waals surface area contributed by atoms with E-state index < -0.39 is 0 Å². The summed E-state index contributed by atoms with van der Waals surface area (Å²) in [5, 5.41) is 7.15. The largest absolute Gasteiger partial charge is 0.296 e. The van der Waals surface area contributed by atoms with Crippen molar-refractivity contribution in [2.75, 3.05) is 0 Å². The average Bonchev–Trinajstić information content (AvgIpc) is 2.99. The Kier molecular flexibility index (Phi) is 2.72. The average molecular weight is 247 g/mol. The van der Waals surface area contributed by atoms with Gasteiger partial charge in [0.1, 0.15) is 12.0 Å². The van der Waals surface area contributed by atoms with Crippen molar-refractivity contribution in [2.45, 2.75) is 31.7 Å². The van der Waals surface area contributed by atoms with Gasteiger partial charge in [-0.05, 0) is 31.1 Å². The maximum atomic E-state index is 5.31. The lowest BCUT2D eigenvalue weighted by atomic mass is 10.2. The molecule has 1 saturated carbocycles. The maximum absolute atomic E-state index is 5.31. The molecule has 1 aliphatic carbocycles. The fraction of sp³-hybridized carbons (Fsp3) is 0.455. The molecule has 2 heterocycles. The van der Waals surface area contributed by atoms with E-state index in [-0.39, 0.29) is 0 Å². The topological polar surface area (TPSA) is 59.4 Å². The van der Waals surface area contributed by atoms with Gasteiger partial charge in [-0.25, -0.2) is 9.97 Å². The molecule has 1 fully saturated rings. The maximum Gasteiger partial charge on any atom is 0.195 e. The Hall–Kier alpha value is -1.56. The molecule has 88 valence electrons. The minimum absolute atomic E-state index is 0.464. The summed E-state index contributed by atoms with van der Waals surface area (Å²) >= 11 is 5.31. The van der Waals surface area contributed by atoms with Crippen molar-refractivity contribution in [3.63, 3.8) is 0 Å². The predicted octanol–water partition coefficient (Wildman–Crippen LogP) is 2.51. The zero-order valence-electron chi connectivity index (χ0n) is 9.33. The van der Waals surface area contributed by atoms with Crippen molar-refractivity contribution >= 4 is 12.2 Å². The Morgan fingerprint density at radius 1 is 1.35 bits per heavy atom. The van der Waals surface area contributed by atoms with Gasteiger partial charge in [0.2, 0.25) is 0 Å². The summed E-state index contributed by atoms with van der Waals surface area (Å²) in [6.07, 6.45) is 8.13. The number of nitrogens with one attached hydrogen (secondary N) is 1. The monoisotopic (exact) mass is 247 g/mol. The normalized spacial score (nSPS) is 16.5. The van der Waals surface area contributed by atoms with Crippen molar-refractivity contribution in [2.24, 2.45) is 0 Å². The first-order chi connectivity index (χ1) is 8.36. The van der Waals surface area contributed by atoms with E-state index in [1.54, 1.807) is 6.20 Å². The third-order valence-electron chi connectivity index (χ3n) is 3.21. The number of rotatable bonds is 2. The zero-order chi connectivity index (χ0) is 11.7. The van der Waals surface area contributed by atoms with Crippen LogP contribution in [0.2, 0.25) is 0 Å². The number of hydrogen-bond acceptors (Lipinski definition) is 4. The van der Waals surface area contributed by atoms with Crippen LogP contribution in [0.15, 0.2) is 18.6 Å². The van der Waals surface area contributed by atoms with E-state index in [9.17, 15) is 0 Å². The van der Waals surface area contributed by atoms with Crippen LogP contribution in [0.3, 0.4) is 0 Å². The molecule has 2 aromatic rings. The van der Waals surface area contributed by atoms with Gasteiger partial charge in [0.25, 0.3) is 0 Å². The molecule has 1 N–H and O–H groups in total. The molecule has 0 amide bonds. The SMILES string of the molecule is S=c1[nH]nc(-c2ccncn2)n1C1CCCC1. The van der Waals surface area contributed by atoms with E-state index in [4.69, 9.17) is 12.2 Å². The highest BCUT2D eigenvalue weighted by atomic mass is 32.1. The van der Waals surface area contributed by atoms with E-state index in [0.29, 0.717) is 10.8 Å². The second-order valence-electron chi connectivity index (χ2n) is 4.26. The molecular formula is C11H13N5S. The smallest absolute Gasteiger partial charge is 0.195 e. The van der Waals surface area contributed by atoms with Crippen LogP contribution in [-0.2, 0) is 0 Å². The Morgan fingerprint density at radius 2 is 2.18 bits per heavy atom. The van der Waals surface area contributed by atoms with Crippen LogP contribution < -0.4 is 0 Å². The van der Waals surface area contributed by atoms with Gasteiger partial charge in [-0.15, -0.1) is 0 Å². The zero-order valence-corrected chi connectivity index (χ0v) is 10.2. The highest BCUT2D eigenvalue weighted by Crippen LogP contribution is 2.32. The third kappa shape index (κ3) is 1.88. The molecule has 1 aliphatic rings. The van der Waals surface area contributed by atoms with E-state index in [0.717, 1.165) is 11.5 Å². The van der Waals surface area contributed by atoms with Crippen LogP contribution in [-0.4, -0.2) is 24.7 Å². The van der Waals surface area contributed by atoms with E-state index in [1.165, 1.54) is 32.0 Å². The fourth-order valence-electron chi connectivity index (χ4n) is 2.41. The number of aromatic amines is 1. The molecule has 0 unspecified atom stereocenters. The van der Waals surface area contributed by atoms with Crippen LogP contribution in [0.1, 0.15) is 31.7 Å². The van der Waals surface area contributed by atoms with Crippen LogP contribution in [0.25, 0.3) is 11.5 Å². The summed E-state index contributed by atoms with van der Waals surface area (Å²) in [6, 6.07) is 2.32. The molecule has 2 aromatic heterocycles. The standard InChI is InChI=1S/C11H13N5S/c17-11-15-14-10(9-5-6-12-7-13-9)16(11)8-3-1-2-4-8/h5-8H,1-4H2,(H,15,17). The van der Waals surface area contributed by atoms with Crippen LogP contribution in [0.5, 0.6) is 0 Å². The first kappa shape index (κ1) is 10.6. The molecule has 0 atom stereocenters. The highest BCUT2D eigenvalue weighted by Gasteiger charge is 2.22. The number of hydrogen-bond donors (Lipinski definition) is 1. The molecule has 0 radical (unpaired) electrons. The van der Waals surface area contributed by atoms with Gasteiger partial charge in [0, 0.05) is 12.2 Å². The molecule has 0 bridgehead atoms. The third-order valence-corrected chi connectivity index (χ3v) is 3.49. The van der Waals surface area contributed by atoms with E-state index >= 15 is 0 Å². The van der Waals surface area contributed by atoms with Gasteiger partial charge in [0.15, 0.2) is 10.6 Å². The summed E-state index contributed by atoms with van der Waals surface area (Å²) in [5.74, 6) is 0.823. The summed E-state index contributed by atoms with van der Waals surface area (Å²) in [4.78, 5) is 8.15. The van der Waals surface area contributed by atoms with Gasteiger partial charge in [0.05, 0.1) is 0 Å². The lowest BCUT2D eigenvalue weighted by molar-refractivity contribution is 0.516. The summed E-state index contributed by atoms with van der Waals surface area (Å²) in [5.41, 5.74) is 0.819. The van der Waals surface area contributed by atoms with Crippen LogP contribution >= 0.6 is 12.2 Å². The van der Waals surface area contributed by atoms with Crippen LogP contribution in [0, 0.1) is 4.77 Å². The minimum Gasteiger partial charge on any atom is -0.296 e. The Balaban J connectivity index is 2.09. The van der Waals surface area contributed by atoms with Crippen molar-refractivity contribution in [1.29, 1.82) is 0 Å². The van der Waals surface area contributed by atoms with Gasteiger partial charge in [-0.1, -0.05) is 12.8 Å². The molecule has 0 saturated heterocycles. The van der Waals surface area contributed by atoms with Gasteiger partial charge < -0.3 is 0 Å². The number of nitrogens with zero attached hydrogens (tertiary/aromatic N) is 4. The second kappa shape index (κ2) is 4.37. The van der Waals surface area contributed by atoms with Crippen molar-refractivity contribution in [3.05, 3.63) is 23.4 Å². The number of aromatic nitrogens is 5. The molecule has 0 aromatic carbocycles. The lowest BCUT2D eigenvalue weighted by Gasteiger charge is -2.13. The van der Waals surface area contributed by atoms with Gasteiger partial charge in [-0.2, -0.15) is 5.10 Å².